The Balaban J connectivity index is 0. The van der Waals surface area contributed by atoms with Crippen molar-refractivity contribution in [3.63, 3.8) is 0 Å². The molecule has 8 heteroatoms. The van der Waals surface area contributed by atoms with Crippen molar-refractivity contribution in [3.8, 4) is 0 Å². The summed E-state index contributed by atoms with van der Waals surface area (Å²) in [4.78, 5) is 0. The smallest absolute Gasteiger partial charge is 0 e. The SMILES string of the molecule is [AlH3].[Cu].[Fe].[H-].[H-].[Mg+2].[Mn].[SnH2].[Ti].[Zr]. The van der Waals surface area contributed by atoms with Gasteiger partial charge >= 0.3 is 47.0 Å². The van der Waals surface area contributed by atoms with Gasteiger partial charge in [0.05, 0.1) is 0 Å². The molecule has 0 aromatic carbocycles. The van der Waals surface area contributed by atoms with Crippen LogP contribution in [0.5, 0.6) is 0 Å². The summed E-state index contributed by atoms with van der Waals surface area (Å²) in [6.45, 7) is 0. The maximum Gasteiger partial charge on any atom is 0 e. The minimum atomic E-state index is 0. The van der Waals surface area contributed by atoms with Crippen molar-refractivity contribution in [2.75, 3.05) is 0 Å². The van der Waals surface area contributed by atoms with E-state index in [1.165, 1.54) is 0 Å². The summed E-state index contributed by atoms with van der Waals surface area (Å²) >= 11 is 0. The van der Waals surface area contributed by atoms with Crippen LogP contribution in [0.3, 0.4) is 0 Å². The monoisotopic (exact) mass is 490 g/mol. The van der Waals surface area contributed by atoms with Crippen molar-refractivity contribution in [2.24, 2.45) is 0 Å². The standard InChI is InChI=1S/Al.Cu.Fe.Mg.Mn.Sn.Ti.Zr.7H/q;;;+2;;;;;;;;;;2*-1. The third-order valence-electron chi connectivity index (χ3n) is 0. The van der Waals surface area contributed by atoms with Crippen LogP contribution in [0.15, 0.2) is 0 Å². The van der Waals surface area contributed by atoms with Gasteiger partial charge in [0, 0.05) is 99.1 Å². The van der Waals surface area contributed by atoms with Crippen molar-refractivity contribution in [2.45, 2.75) is 0 Å². The summed E-state index contributed by atoms with van der Waals surface area (Å²) < 4.78 is 0. The third kappa shape index (κ3) is 42.9. The fourth-order valence-corrected chi connectivity index (χ4v) is 0. The second-order valence-electron chi connectivity index (χ2n) is 0. The van der Waals surface area contributed by atoms with Gasteiger partial charge in [0.2, 0.25) is 0 Å². The molecule has 0 atom stereocenters. The number of hydrogen-bond acceptors (Lipinski definition) is 0. The van der Waals surface area contributed by atoms with Crippen LogP contribution in [0.2, 0.25) is 0 Å². The number of hydrogen-bond donors (Lipinski definition) is 0. The van der Waals surface area contributed by atoms with Crippen LogP contribution in [-0.2, 0) is 99.1 Å². The van der Waals surface area contributed by atoms with Gasteiger partial charge in [-0.2, -0.15) is 0 Å². The molecular weight excluding hydrogens is 483 g/mol. The maximum absolute atomic E-state index is 0. The molecule has 0 aliphatic rings. The topological polar surface area (TPSA) is 0 Å². The fourth-order valence-electron chi connectivity index (χ4n) is 0. The van der Waals surface area contributed by atoms with Crippen LogP contribution in [0.1, 0.15) is 2.85 Å². The van der Waals surface area contributed by atoms with Gasteiger partial charge in [0.1, 0.15) is 0 Å². The van der Waals surface area contributed by atoms with Crippen LogP contribution in [-0.4, -0.2) is 64.3 Å². The van der Waals surface area contributed by atoms with Gasteiger partial charge in [-0.3, -0.25) is 0 Å². The Morgan fingerprint density at radius 1 is 1.12 bits per heavy atom. The molecule has 4 radical (unpaired) electrons. The van der Waals surface area contributed by atoms with E-state index in [1.807, 2.05) is 0 Å². The summed E-state index contributed by atoms with van der Waals surface area (Å²) in [7, 11) is 0. The molecule has 0 N–H and O–H groups in total. The molecule has 0 aromatic heterocycles. The van der Waals surface area contributed by atoms with E-state index in [9.17, 15) is 0 Å². The zero-order valence-electron chi connectivity index (χ0n) is 5.45. The quantitative estimate of drug-likeness (QED) is 0.336. The summed E-state index contributed by atoms with van der Waals surface area (Å²) in [5.41, 5.74) is 0. The molecule has 0 heterocycles. The predicted molar refractivity (Wildman–Crippen MR) is 26.5 cm³/mol. The van der Waals surface area contributed by atoms with Gasteiger partial charge in [-0.05, 0) is 0 Å². The van der Waals surface area contributed by atoms with E-state index in [2.05, 4.69) is 0 Å². The average Bonchev–Trinajstić information content (AvgIpc) is 0. The molecule has 0 aromatic rings. The second kappa shape index (κ2) is 56.2. The first-order valence-corrected chi connectivity index (χ1v) is 0. The van der Waals surface area contributed by atoms with Gasteiger partial charge in [-0.25, -0.2) is 0 Å². The molecule has 0 fully saturated rings. The van der Waals surface area contributed by atoms with Crippen molar-refractivity contribution < 1.29 is 102 Å². The molecule has 0 unspecified atom stereocenters. The first-order chi connectivity index (χ1) is 0. The van der Waals surface area contributed by atoms with Gasteiger partial charge in [-0.15, -0.1) is 0 Å². The average molecular weight is 490 g/mol. The van der Waals surface area contributed by atoms with E-state index in [1.54, 1.807) is 0 Å². The summed E-state index contributed by atoms with van der Waals surface area (Å²) in [6.07, 6.45) is 0. The van der Waals surface area contributed by atoms with E-state index in [4.69, 9.17) is 0 Å². The van der Waals surface area contributed by atoms with Gasteiger partial charge in [-0.1, -0.05) is 0 Å². The van der Waals surface area contributed by atoms with Gasteiger partial charge in [0.25, 0.3) is 0 Å². The Morgan fingerprint density at radius 2 is 1.12 bits per heavy atom. The van der Waals surface area contributed by atoms with Gasteiger partial charge < -0.3 is 2.85 Å². The largest absolute Gasteiger partial charge is 0 e. The zero-order chi connectivity index (χ0) is 0. The third-order valence-corrected chi connectivity index (χ3v) is 0. The minimum absolute atomic E-state index is 0. The molecule has 0 rings (SSSR count). The van der Waals surface area contributed by atoms with E-state index < -0.39 is 0 Å². The Bertz CT molecular complexity index is 31.2. The van der Waals surface area contributed by atoms with Crippen LogP contribution >= 0.6 is 0 Å². The molecule has 0 spiro atoms. The van der Waals surface area contributed by atoms with E-state index in [-0.39, 0.29) is 166 Å². The minimum Gasteiger partial charge on any atom is 0 e. The second-order valence-corrected chi connectivity index (χ2v) is 0. The van der Waals surface area contributed by atoms with Crippen molar-refractivity contribution >= 4 is 64.3 Å². The van der Waals surface area contributed by atoms with Crippen LogP contribution in [0.25, 0.3) is 0 Å². The summed E-state index contributed by atoms with van der Waals surface area (Å²) in [5, 5.41) is 0. The molecule has 0 aliphatic heterocycles. The Hall–Kier alpha value is 5.25. The summed E-state index contributed by atoms with van der Waals surface area (Å²) in [6, 6.07) is 0. The van der Waals surface area contributed by atoms with Crippen LogP contribution in [0, 0.1) is 0 Å². The van der Waals surface area contributed by atoms with E-state index in [0.29, 0.717) is 0 Å². The summed E-state index contributed by atoms with van der Waals surface area (Å²) in [5.74, 6) is 0. The van der Waals surface area contributed by atoms with Crippen molar-refractivity contribution in [1.29, 1.82) is 0 Å². The van der Waals surface area contributed by atoms with Crippen LogP contribution < -0.4 is 0 Å². The van der Waals surface area contributed by atoms with Crippen molar-refractivity contribution in [1.82, 2.24) is 0 Å². The molecule has 0 saturated carbocycles. The molecule has 0 saturated heterocycles. The Labute approximate surface area is 163 Å². The Kier molecular flexibility index (Phi) is 507. The molecule has 0 bridgehead atoms. The molecule has 0 aliphatic carbocycles. The Morgan fingerprint density at radius 3 is 1.12 bits per heavy atom. The molecule has 0 nitrogen and oxygen atoms in total. The molecular formula is H7AlCuFeMgMnSnTiZr. The van der Waals surface area contributed by atoms with Gasteiger partial charge in [0.15, 0.2) is 17.4 Å². The first-order valence-electron chi connectivity index (χ1n) is 0. The zero-order valence-corrected chi connectivity index (χ0v) is 16.1. The van der Waals surface area contributed by atoms with Crippen LogP contribution in [0.4, 0.5) is 0 Å². The van der Waals surface area contributed by atoms with E-state index >= 15 is 0 Å². The fraction of sp³-hybridized carbons (Fsp3) is 0. The predicted octanol–water partition coefficient (Wildman–Crippen LogP) is -2.27. The normalized spacial score (nSPS) is 0. The molecule has 0 amide bonds. The maximum atomic E-state index is 0. The van der Waals surface area contributed by atoms with E-state index in [0.717, 1.165) is 0 Å². The first kappa shape index (κ1) is 72.1. The molecule has 50 valence electrons. The number of rotatable bonds is 0. The molecule has 8 heavy (non-hydrogen) atoms. The van der Waals surface area contributed by atoms with Crippen molar-refractivity contribution in [3.05, 3.63) is 0 Å².